The highest BCUT2D eigenvalue weighted by molar-refractivity contribution is 7.98. The average molecular weight is 414 g/mol. The van der Waals surface area contributed by atoms with Crippen molar-refractivity contribution in [1.82, 2.24) is 14.8 Å². The summed E-state index contributed by atoms with van der Waals surface area (Å²) in [7, 11) is 3.10. The third-order valence-electron chi connectivity index (χ3n) is 4.33. The molecule has 0 fully saturated rings. The van der Waals surface area contributed by atoms with Crippen LogP contribution in [0.15, 0.2) is 53.7 Å². The molecule has 1 atom stereocenters. The summed E-state index contributed by atoms with van der Waals surface area (Å²) >= 11 is 1.47. The van der Waals surface area contributed by atoms with E-state index < -0.39 is 6.04 Å². The van der Waals surface area contributed by atoms with Gasteiger partial charge in [-0.3, -0.25) is 9.36 Å². The van der Waals surface area contributed by atoms with Crippen LogP contribution < -0.4 is 20.5 Å². The van der Waals surface area contributed by atoms with Gasteiger partial charge in [-0.15, -0.1) is 10.2 Å². The fourth-order valence-electron chi connectivity index (χ4n) is 2.73. The van der Waals surface area contributed by atoms with E-state index in [2.05, 4.69) is 15.5 Å². The minimum absolute atomic E-state index is 0.185. The molecule has 0 radical (unpaired) electrons. The second-order valence-electron chi connectivity index (χ2n) is 6.22. The van der Waals surface area contributed by atoms with Crippen LogP contribution in [0.5, 0.6) is 11.5 Å². The van der Waals surface area contributed by atoms with Crippen molar-refractivity contribution in [2.75, 3.05) is 25.3 Å². The van der Waals surface area contributed by atoms with E-state index in [0.29, 0.717) is 28.1 Å². The number of nitrogens with two attached hydrogens (primary N) is 1. The quantitative estimate of drug-likeness (QED) is 0.546. The monoisotopic (exact) mass is 413 g/mol. The zero-order valence-electron chi connectivity index (χ0n) is 16.5. The van der Waals surface area contributed by atoms with Gasteiger partial charge in [-0.1, -0.05) is 42.1 Å². The summed E-state index contributed by atoms with van der Waals surface area (Å²) < 4.78 is 12.1. The molecule has 3 N–H and O–H groups in total. The minimum Gasteiger partial charge on any atom is -0.497 e. The van der Waals surface area contributed by atoms with Crippen LogP contribution in [0, 0.1) is 0 Å². The molecule has 1 heterocycles. The summed E-state index contributed by atoms with van der Waals surface area (Å²) in [5, 5.41) is 11.5. The number of nitrogens with zero attached hydrogens (tertiary/aromatic N) is 3. The molecule has 0 bridgehead atoms. The van der Waals surface area contributed by atoms with Gasteiger partial charge in [0.2, 0.25) is 11.9 Å². The van der Waals surface area contributed by atoms with E-state index in [1.165, 1.54) is 18.9 Å². The van der Waals surface area contributed by atoms with Gasteiger partial charge in [0, 0.05) is 11.8 Å². The fourth-order valence-corrected chi connectivity index (χ4v) is 3.71. The topological polar surface area (TPSA) is 104 Å². The number of hydrogen-bond acceptors (Lipinski definition) is 7. The number of nitrogen functional groups attached to an aromatic ring is 1. The Balaban J connectivity index is 1.75. The molecule has 0 aliphatic carbocycles. The van der Waals surface area contributed by atoms with E-state index in [0.717, 1.165) is 5.56 Å². The number of benzene rings is 2. The first kappa shape index (κ1) is 20.5. The molecule has 0 saturated heterocycles. The number of anilines is 2. The Labute approximate surface area is 173 Å². The molecular formula is C20H23N5O3S. The Hall–Kier alpha value is -3.20. The molecule has 1 amide bonds. The molecular weight excluding hydrogens is 390 g/mol. The van der Waals surface area contributed by atoms with Crippen LogP contribution in [0.1, 0.15) is 18.5 Å². The molecule has 152 valence electrons. The predicted octanol–water partition coefficient (Wildman–Crippen LogP) is 3.37. The van der Waals surface area contributed by atoms with Crippen LogP contribution in [0.2, 0.25) is 0 Å². The van der Waals surface area contributed by atoms with Crippen LogP contribution in [-0.2, 0) is 10.5 Å². The van der Waals surface area contributed by atoms with E-state index in [1.54, 1.807) is 36.8 Å². The Kier molecular flexibility index (Phi) is 6.61. The number of ether oxygens (including phenoxy) is 2. The number of thioether (sulfide) groups is 1. The van der Waals surface area contributed by atoms with Gasteiger partial charge >= 0.3 is 0 Å². The number of nitrogens with one attached hydrogen (secondary N) is 1. The standard InChI is InChI=1S/C20H23N5O3S/c1-13(18(26)22-16-10-9-15(27-2)11-17(16)28-3)25-19(21)23-24-20(25)29-12-14-7-5-4-6-8-14/h4-11,13H,12H2,1-3H3,(H2,21,23)(H,22,26). The minimum atomic E-state index is -0.616. The SMILES string of the molecule is COc1ccc(NC(=O)C(C)n2c(N)nnc2SCc2ccccc2)c(OC)c1. The molecule has 0 spiro atoms. The number of aromatic nitrogens is 3. The third-order valence-corrected chi connectivity index (χ3v) is 5.35. The fraction of sp³-hybridized carbons (Fsp3) is 0.250. The molecule has 1 unspecified atom stereocenters. The van der Waals surface area contributed by atoms with E-state index >= 15 is 0 Å². The summed E-state index contributed by atoms with van der Waals surface area (Å²) in [4.78, 5) is 12.9. The van der Waals surface area contributed by atoms with Crippen LogP contribution in [0.25, 0.3) is 0 Å². The van der Waals surface area contributed by atoms with Gasteiger partial charge in [0.15, 0.2) is 5.16 Å². The van der Waals surface area contributed by atoms with Crippen molar-refractivity contribution in [2.24, 2.45) is 0 Å². The van der Waals surface area contributed by atoms with E-state index in [9.17, 15) is 4.79 Å². The summed E-state index contributed by atoms with van der Waals surface area (Å²) in [5.41, 5.74) is 7.67. The van der Waals surface area contributed by atoms with Gasteiger partial charge in [0.1, 0.15) is 17.5 Å². The molecule has 0 aliphatic rings. The number of amides is 1. The number of hydrogen-bond donors (Lipinski definition) is 2. The van der Waals surface area contributed by atoms with Gasteiger partial charge in [0.25, 0.3) is 0 Å². The van der Waals surface area contributed by atoms with Gasteiger partial charge < -0.3 is 20.5 Å². The van der Waals surface area contributed by atoms with Gasteiger partial charge in [0.05, 0.1) is 19.9 Å². The van der Waals surface area contributed by atoms with Crippen molar-refractivity contribution < 1.29 is 14.3 Å². The van der Waals surface area contributed by atoms with Crippen LogP contribution in [0.4, 0.5) is 11.6 Å². The number of methoxy groups -OCH3 is 2. The second-order valence-corrected chi connectivity index (χ2v) is 7.16. The van der Waals surface area contributed by atoms with Crippen molar-refractivity contribution in [1.29, 1.82) is 0 Å². The summed E-state index contributed by atoms with van der Waals surface area (Å²) in [6.07, 6.45) is 0. The van der Waals surface area contributed by atoms with E-state index in [-0.39, 0.29) is 11.9 Å². The summed E-state index contributed by atoms with van der Waals surface area (Å²) in [5.74, 6) is 1.75. The predicted molar refractivity (Wildman–Crippen MR) is 113 cm³/mol. The van der Waals surface area contributed by atoms with Crippen molar-refractivity contribution >= 4 is 29.3 Å². The molecule has 8 nitrogen and oxygen atoms in total. The first-order valence-corrected chi connectivity index (χ1v) is 9.92. The average Bonchev–Trinajstić information content (AvgIpc) is 3.12. The van der Waals surface area contributed by atoms with Crippen LogP contribution in [-0.4, -0.2) is 34.9 Å². The number of carbonyl (C=O) groups excluding carboxylic acids is 1. The Morgan fingerprint density at radius 3 is 2.62 bits per heavy atom. The van der Waals surface area contributed by atoms with Crippen LogP contribution >= 0.6 is 11.8 Å². The first-order valence-electron chi connectivity index (χ1n) is 8.93. The molecule has 3 aromatic rings. The van der Waals surface area contributed by atoms with Gasteiger partial charge in [-0.05, 0) is 24.6 Å². The van der Waals surface area contributed by atoms with Gasteiger partial charge in [-0.2, -0.15) is 0 Å². The van der Waals surface area contributed by atoms with E-state index in [1.807, 2.05) is 30.3 Å². The molecule has 29 heavy (non-hydrogen) atoms. The number of rotatable bonds is 8. The highest BCUT2D eigenvalue weighted by Crippen LogP contribution is 2.31. The lowest BCUT2D eigenvalue weighted by atomic mass is 10.2. The molecule has 1 aromatic heterocycles. The van der Waals surface area contributed by atoms with E-state index in [4.69, 9.17) is 15.2 Å². The number of carbonyl (C=O) groups is 1. The zero-order chi connectivity index (χ0) is 20.8. The summed E-state index contributed by atoms with van der Waals surface area (Å²) in [6.45, 7) is 1.75. The Morgan fingerprint density at radius 1 is 1.17 bits per heavy atom. The maximum absolute atomic E-state index is 12.9. The molecule has 9 heteroatoms. The highest BCUT2D eigenvalue weighted by Gasteiger charge is 2.23. The second kappa shape index (κ2) is 9.33. The highest BCUT2D eigenvalue weighted by atomic mass is 32.2. The maximum atomic E-state index is 12.9. The van der Waals surface area contributed by atoms with Crippen molar-refractivity contribution in [3.8, 4) is 11.5 Å². The normalized spacial score (nSPS) is 11.7. The smallest absolute Gasteiger partial charge is 0.247 e. The van der Waals surface area contributed by atoms with Crippen molar-refractivity contribution in [2.45, 2.75) is 23.9 Å². The molecule has 3 rings (SSSR count). The van der Waals surface area contributed by atoms with Crippen molar-refractivity contribution in [3.63, 3.8) is 0 Å². The lowest BCUT2D eigenvalue weighted by molar-refractivity contribution is -0.118. The molecule has 0 aliphatic heterocycles. The largest absolute Gasteiger partial charge is 0.497 e. The Bertz CT molecular complexity index is 978. The maximum Gasteiger partial charge on any atom is 0.247 e. The molecule has 2 aromatic carbocycles. The Morgan fingerprint density at radius 2 is 1.93 bits per heavy atom. The van der Waals surface area contributed by atoms with Crippen LogP contribution in [0.3, 0.4) is 0 Å². The van der Waals surface area contributed by atoms with Crippen molar-refractivity contribution in [3.05, 3.63) is 54.1 Å². The van der Waals surface area contributed by atoms with Gasteiger partial charge in [-0.25, -0.2) is 0 Å². The first-order chi connectivity index (χ1) is 14.0. The lowest BCUT2D eigenvalue weighted by Gasteiger charge is -2.18. The molecule has 0 saturated carbocycles. The summed E-state index contributed by atoms with van der Waals surface area (Å²) in [6, 6.07) is 14.5. The zero-order valence-corrected chi connectivity index (χ0v) is 17.3. The lowest BCUT2D eigenvalue weighted by Crippen LogP contribution is -2.25. The third kappa shape index (κ3) is 4.80.